The van der Waals surface area contributed by atoms with Gasteiger partial charge < -0.3 is 0 Å². The molecule has 0 spiro atoms. The SMILES string of the molecule is O=S([O-])(=[Se])OCC1CCCO1.[K+]. The van der Waals surface area contributed by atoms with Gasteiger partial charge in [-0.25, -0.2) is 0 Å². The zero-order valence-corrected chi connectivity index (χ0v) is 12.5. The first kappa shape index (κ1) is 14.2. The maximum Gasteiger partial charge on any atom is 1.00 e. The molecule has 2 atom stereocenters. The number of rotatable bonds is 3. The van der Waals surface area contributed by atoms with Gasteiger partial charge in [0.25, 0.3) is 0 Å². The fourth-order valence-electron chi connectivity index (χ4n) is 0.935. The second-order valence-electron chi connectivity index (χ2n) is 2.33. The van der Waals surface area contributed by atoms with E-state index in [9.17, 15) is 8.76 Å². The summed E-state index contributed by atoms with van der Waals surface area (Å²) >= 11 is 1.93. The normalized spacial score (nSPS) is 27.6. The van der Waals surface area contributed by atoms with Gasteiger partial charge in [-0.3, -0.25) is 0 Å². The van der Waals surface area contributed by atoms with Gasteiger partial charge in [-0.15, -0.1) is 0 Å². The molecular formula is C5H9KO4SSe. The molecule has 0 amide bonds. The molecule has 0 saturated carbocycles. The molecule has 1 saturated heterocycles. The summed E-state index contributed by atoms with van der Waals surface area (Å²) in [4.78, 5) is 0. The predicted octanol–water partition coefficient (Wildman–Crippen LogP) is -3.40. The molecule has 1 rings (SSSR count). The molecule has 0 radical (unpaired) electrons. The Balaban J connectivity index is 0.00000121. The Morgan fingerprint density at radius 3 is 2.83 bits per heavy atom. The predicted molar refractivity (Wildman–Crippen MR) is 39.6 cm³/mol. The van der Waals surface area contributed by atoms with E-state index in [0.717, 1.165) is 12.8 Å². The van der Waals surface area contributed by atoms with Gasteiger partial charge in [0.2, 0.25) is 0 Å². The molecule has 1 aliphatic rings. The molecule has 1 aliphatic heterocycles. The maximum atomic E-state index is 10.5. The number of hydrogen-bond donors (Lipinski definition) is 0. The largest absolute Gasteiger partial charge is 1.00 e. The summed E-state index contributed by atoms with van der Waals surface area (Å²) in [6.45, 7) is 0.844. The van der Waals surface area contributed by atoms with Crippen molar-refractivity contribution in [3.05, 3.63) is 0 Å². The van der Waals surface area contributed by atoms with Crippen LogP contribution in [0.4, 0.5) is 0 Å². The Morgan fingerprint density at radius 2 is 2.42 bits per heavy atom. The van der Waals surface area contributed by atoms with Crippen LogP contribution in [-0.4, -0.2) is 42.5 Å². The van der Waals surface area contributed by atoms with Gasteiger partial charge in [0.1, 0.15) is 0 Å². The Hall–Kier alpha value is 2.19. The van der Waals surface area contributed by atoms with Crippen LogP contribution in [0.5, 0.6) is 0 Å². The van der Waals surface area contributed by atoms with Crippen molar-refractivity contribution in [3.8, 4) is 0 Å². The quantitative estimate of drug-likeness (QED) is 0.507. The Labute approximate surface area is 122 Å². The van der Waals surface area contributed by atoms with Crippen molar-refractivity contribution in [2.75, 3.05) is 13.2 Å². The van der Waals surface area contributed by atoms with Crippen LogP contribution in [0, 0.1) is 0 Å². The van der Waals surface area contributed by atoms with Crippen LogP contribution >= 0.6 is 0 Å². The topological polar surface area (TPSA) is 58.6 Å². The third-order valence-corrected chi connectivity index (χ3v) is 2.45. The van der Waals surface area contributed by atoms with Gasteiger partial charge in [-0.2, -0.15) is 0 Å². The second kappa shape index (κ2) is 6.63. The standard InChI is InChI=1S/C5H10O4SSe.K/c6-10(7,11)9-4-5-2-1-3-8-5;/h5H,1-4H2,(H,6,7,11);/q;+1/p-1. The Kier molecular flexibility index (Phi) is 7.84. The molecule has 0 aromatic heterocycles. The summed E-state index contributed by atoms with van der Waals surface area (Å²) in [5.41, 5.74) is 0. The summed E-state index contributed by atoms with van der Waals surface area (Å²) in [5, 5.41) is 0. The van der Waals surface area contributed by atoms with Crippen molar-refractivity contribution >= 4 is 22.8 Å². The average Bonchev–Trinajstić information content (AvgIpc) is 2.32. The van der Waals surface area contributed by atoms with Gasteiger partial charge in [-0.05, 0) is 0 Å². The molecule has 0 aliphatic carbocycles. The van der Waals surface area contributed by atoms with Crippen molar-refractivity contribution in [1.29, 1.82) is 0 Å². The molecular weight excluding hydrogens is 274 g/mol. The monoisotopic (exact) mass is 284 g/mol. The maximum absolute atomic E-state index is 10.5. The van der Waals surface area contributed by atoms with Crippen molar-refractivity contribution in [3.63, 3.8) is 0 Å². The van der Waals surface area contributed by atoms with Crippen LogP contribution in [0.25, 0.3) is 0 Å². The minimum Gasteiger partial charge on any atom is 1.00 e. The molecule has 0 aromatic rings. The van der Waals surface area contributed by atoms with E-state index in [1.54, 1.807) is 0 Å². The molecule has 66 valence electrons. The summed E-state index contributed by atoms with van der Waals surface area (Å²) < 4.78 is 30.6. The van der Waals surface area contributed by atoms with Gasteiger partial charge in [0.15, 0.2) is 0 Å². The molecule has 1 fully saturated rings. The fraction of sp³-hybridized carbons (Fsp3) is 1.00. The minimum absolute atomic E-state index is 0. The molecule has 7 heteroatoms. The molecule has 12 heavy (non-hydrogen) atoms. The van der Waals surface area contributed by atoms with Gasteiger partial charge >= 0.3 is 124 Å². The van der Waals surface area contributed by atoms with Crippen molar-refractivity contribution < 1.29 is 69.1 Å². The van der Waals surface area contributed by atoms with E-state index < -0.39 is 8.42 Å². The van der Waals surface area contributed by atoms with Crippen molar-refractivity contribution in [2.24, 2.45) is 0 Å². The molecule has 4 nitrogen and oxygen atoms in total. The Morgan fingerprint density at radius 1 is 1.75 bits per heavy atom. The number of hydrogen-bond acceptors (Lipinski definition) is 4. The first-order valence-electron chi connectivity index (χ1n) is 3.30. The van der Waals surface area contributed by atoms with Crippen molar-refractivity contribution in [2.45, 2.75) is 18.9 Å². The molecule has 0 bridgehead atoms. The second-order valence-corrected chi connectivity index (χ2v) is 5.95. The van der Waals surface area contributed by atoms with E-state index >= 15 is 0 Å². The van der Waals surface area contributed by atoms with Crippen LogP contribution < -0.4 is 51.4 Å². The van der Waals surface area contributed by atoms with E-state index in [1.807, 2.05) is 14.4 Å². The van der Waals surface area contributed by atoms with Crippen LogP contribution in [0.15, 0.2) is 0 Å². The summed E-state index contributed by atoms with van der Waals surface area (Å²) in [6.07, 6.45) is 1.83. The van der Waals surface area contributed by atoms with E-state index in [2.05, 4.69) is 4.18 Å². The van der Waals surface area contributed by atoms with E-state index in [4.69, 9.17) is 4.74 Å². The summed E-state index contributed by atoms with van der Waals surface area (Å²) in [5.74, 6) is 0. The van der Waals surface area contributed by atoms with Crippen LogP contribution in [-0.2, 0) is 17.3 Å². The molecule has 1 heterocycles. The summed E-state index contributed by atoms with van der Waals surface area (Å²) in [7, 11) is -3.42. The molecule has 2 unspecified atom stereocenters. The van der Waals surface area contributed by atoms with E-state index in [-0.39, 0.29) is 64.1 Å². The van der Waals surface area contributed by atoms with E-state index in [1.165, 1.54) is 0 Å². The zero-order valence-electron chi connectivity index (χ0n) is 6.86. The van der Waals surface area contributed by atoms with Gasteiger partial charge in [-0.1, -0.05) is 0 Å². The van der Waals surface area contributed by atoms with Gasteiger partial charge in [0.05, 0.1) is 0 Å². The van der Waals surface area contributed by atoms with Crippen molar-refractivity contribution in [1.82, 2.24) is 0 Å². The Bertz CT molecular complexity index is 211. The summed E-state index contributed by atoms with van der Waals surface area (Å²) in [6, 6.07) is 0. The van der Waals surface area contributed by atoms with Crippen LogP contribution in [0.3, 0.4) is 0 Å². The third-order valence-electron chi connectivity index (χ3n) is 1.42. The van der Waals surface area contributed by atoms with Crippen LogP contribution in [0.2, 0.25) is 0 Å². The third kappa shape index (κ3) is 6.61. The van der Waals surface area contributed by atoms with E-state index in [0.29, 0.717) is 6.61 Å². The smallest absolute Gasteiger partial charge is 1.00 e. The minimum atomic E-state index is -3.42. The van der Waals surface area contributed by atoms with Crippen LogP contribution in [0.1, 0.15) is 12.8 Å². The van der Waals surface area contributed by atoms with Gasteiger partial charge in [0, 0.05) is 0 Å². The molecule has 0 N–H and O–H groups in total. The first-order valence-corrected chi connectivity index (χ1v) is 6.73. The molecule has 0 aromatic carbocycles. The first-order chi connectivity index (χ1) is 5.08. The number of ether oxygens (including phenoxy) is 1. The average molecular weight is 283 g/mol. The zero-order chi connectivity index (χ0) is 8.32. The fourth-order valence-corrected chi connectivity index (χ4v) is 1.60.